The first-order valence-corrected chi connectivity index (χ1v) is 9.73. The summed E-state index contributed by atoms with van der Waals surface area (Å²) in [4.78, 5) is 4.87. The summed E-state index contributed by atoms with van der Waals surface area (Å²) in [7, 11) is 0. The standard InChI is InChI=1S/C16H28N2S2/c1-5-8-17-12(13-7-6-9-19-13)10-15-18-14(11-20-15)16(2,3)4/h11-13,17H,5-10H2,1-4H3. The number of hydrogen-bond donors (Lipinski definition) is 1. The van der Waals surface area contributed by atoms with Crippen LogP contribution in [-0.2, 0) is 11.8 Å². The molecule has 114 valence electrons. The number of nitrogens with one attached hydrogen (secondary N) is 1. The maximum atomic E-state index is 4.87. The average molecular weight is 313 g/mol. The van der Waals surface area contributed by atoms with Crippen LogP contribution in [0.4, 0.5) is 0 Å². The lowest BCUT2D eigenvalue weighted by atomic mass is 9.93. The van der Waals surface area contributed by atoms with Crippen LogP contribution in [0.3, 0.4) is 0 Å². The Kier molecular flexibility index (Phi) is 5.94. The van der Waals surface area contributed by atoms with Gasteiger partial charge in [-0.15, -0.1) is 11.3 Å². The topological polar surface area (TPSA) is 24.9 Å². The van der Waals surface area contributed by atoms with Gasteiger partial charge in [-0.1, -0.05) is 27.7 Å². The van der Waals surface area contributed by atoms with Crippen molar-refractivity contribution in [3.05, 3.63) is 16.1 Å². The minimum absolute atomic E-state index is 0.170. The van der Waals surface area contributed by atoms with Gasteiger partial charge in [-0.2, -0.15) is 11.8 Å². The molecule has 0 spiro atoms. The lowest BCUT2D eigenvalue weighted by Crippen LogP contribution is -2.39. The number of thioether (sulfide) groups is 1. The van der Waals surface area contributed by atoms with Crippen molar-refractivity contribution in [3.63, 3.8) is 0 Å². The number of nitrogens with zero attached hydrogens (tertiary/aromatic N) is 1. The lowest BCUT2D eigenvalue weighted by Gasteiger charge is -2.23. The minimum atomic E-state index is 0.170. The molecule has 0 bridgehead atoms. The highest BCUT2D eigenvalue weighted by molar-refractivity contribution is 8.00. The molecular formula is C16H28N2S2. The van der Waals surface area contributed by atoms with Gasteiger partial charge in [0.2, 0.25) is 0 Å². The number of thiazole rings is 1. The minimum Gasteiger partial charge on any atom is -0.312 e. The fraction of sp³-hybridized carbons (Fsp3) is 0.812. The summed E-state index contributed by atoms with van der Waals surface area (Å²) in [6, 6.07) is 0.599. The molecule has 1 saturated heterocycles. The maximum absolute atomic E-state index is 4.87. The molecule has 1 aromatic rings. The Hall–Kier alpha value is -0.0600. The van der Waals surface area contributed by atoms with Gasteiger partial charge in [-0.3, -0.25) is 0 Å². The smallest absolute Gasteiger partial charge is 0.0944 e. The highest BCUT2D eigenvalue weighted by Gasteiger charge is 2.27. The third kappa shape index (κ3) is 4.47. The van der Waals surface area contributed by atoms with E-state index in [1.54, 1.807) is 0 Å². The first-order valence-electron chi connectivity index (χ1n) is 7.80. The van der Waals surface area contributed by atoms with Gasteiger partial charge in [-0.25, -0.2) is 4.98 Å². The molecule has 1 N–H and O–H groups in total. The van der Waals surface area contributed by atoms with Crippen LogP contribution in [0.2, 0.25) is 0 Å². The molecule has 20 heavy (non-hydrogen) atoms. The molecule has 0 saturated carbocycles. The average Bonchev–Trinajstić information content (AvgIpc) is 3.04. The molecule has 1 fully saturated rings. The summed E-state index contributed by atoms with van der Waals surface area (Å²) < 4.78 is 0. The molecule has 0 radical (unpaired) electrons. The van der Waals surface area contributed by atoms with Crippen molar-refractivity contribution in [1.82, 2.24) is 10.3 Å². The van der Waals surface area contributed by atoms with Crippen molar-refractivity contribution in [2.24, 2.45) is 0 Å². The Labute approximate surface area is 132 Å². The molecule has 2 rings (SSSR count). The van der Waals surface area contributed by atoms with E-state index < -0.39 is 0 Å². The van der Waals surface area contributed by atoms with E-state index in [1.807, 2.05) is 11.3 Å². The Morgan fingerprint density at radius 1 is 1.45 bits per heavy atom. The SMILES string of the molecule is CCCNC(Cc1nc(C(C)(C)C)cs1)C1CCCS1. The molecule has 1 aromatic heterocycles. The monoisotopic (exact) mass is 312 g/mol. The quantitative estimate of drug-likeness (QED) is 0.850. The molecule has 2 heterocycles. The molecule has 2 unspecified atom stereocenters. The van der Waals surface area contributed by atoms with E-state index in [4.69, 9.17) is 4.98 Å². The van der Waals surface area contributed by atoms with Crippen LogP contribution in [0, 0.1) is 0 Å². The number of aromatic nitrogens is 1. The molecule has 1 aliphatic heterocycles. The summed E-state index contributed by atoms with van der Waals surface area (Å²) in [5.74, 6) is 1.33. The molecule has 1 aliphatic rings. The molecule has 2 atom stereocenters. The van der Waals surface area contributed by atoms with Gasteiger partial charge in [0.15, 0.2) is 0 Å². The van der Waals surface area contributed by atoms with Crippen LogP contribution in [0.15, 0.2) is 5.38 Å². The van der Waals surface area contributed by atoms with E-state index in [0.29, 0.717) is 6.04 Å². The molecule has 4 heteroatoms. The first kappa shape index (κ1) is 16.3. The van der Waals surface area contributed by atoms with E-state index in [-0.39, 0.29) is 5.41 Å². The number of rotatable bonds is 6. The second-order valence-corrected chi connectivity index (χ2v) is 8.98. The summed E-state index contributed by atoms with van der Waals surface area (Å²) in [6.45, 7) is 10.1. The van der Waals surface area contributed by atoms with E-state index in [1.165, 1.54) is 35.7 Å². The van der Waals surface area contributed by atoms with Crippen molar-refractivity contribution < 1.29 is 0 Å². The predicted molar refractivity (Wildman–Crippen MR) is 92.1 cm³/mol. The van der Waals surface area contributed by atoms with Crippen LogP contribution in [-0.4, -0.2) is 28.6 Å². The predicted octanol–water partition coefficient (Wildman–Crippen LogP) is 4.25. The first-order chi connectivity index (χ1) is 9.50. The second kappa shape index (κ2) is 7.28. The van der Waals surface area contributed by atoms with Crippen molar-refractivity contribution in [2.45, 2.75) is 70.1 Å². The zero-order chi connectivity index (χ0) is 14.6. The fourth-order valence-electron chi connectivity index (χ4n) is 2.52. The third-order valence-corrected chi connectivity index (χ3v) is 6.17. The summed E-state index contributed by atoms with van der Waals surface area (Å²) in [6.07, 6.45) is 5.05. The number of hydrogen-bond acceptors (Lipinski definition) is 4. The van der Waals surface area contributed by atoms with Gasteiger partial charge in [0.05, 0.1) is 10.7 Å². The van der Waals surface area contributed by atoms with Crippen molar-refractivity contribution in [2.75, 3.05) is 12.3 Å². The van der Waals surface area contributed by atoms with E-state index in [0.717, 1.165) is 18.2 Å². The highest BCUT2D eigenvalue weighted by Crippen LogP contribution is 2.31. The van der Waals surface area contributed by atoms with Crippen molar-refractivity contribution in [3.8, 4) is 0 Å². The van der Waals surface area contributed by atoms with E-state index in [9.17, 15) is 0 Å². The van der Waals surface area contributed by atoms with Gasteiger partial charge in [-0.05, 0) is 31.6 Å². The molecule has 2 nitrogen and oxygen atoms in total. The normalized spacial score (nSPS) is 21.3. The summed E-state index contributed by atoms with van der Waals surface area (Å²) in [5.41, 5.74) is 1.41. The van der Waals surface area contributed by atoms with E-state index >= 15 is 0 Å². The van der Waals surface area contributed by atoms with Crippen LogP contribution in [0.25, 0.3) is 0 Å². The Morgan fingerprint density at radius 3 is 2.80 bits per heavy atom. The van der Waals surface area contributed by atoms with Gasteiger partial charge in [0, 0.05) is 28.5 Å². The lowest BCUT2D eigenvalue weighted by molar-refractivity contribution is 0.479. The van der Waals surface area contributed by atoms with Gasteiger partial charge in [0.1, 0.15) is 0 Å². The molecular weight excluding hydrogens is 284 g/mol. The Balaban J connectivity index is 2.01. The fourth-order valence-corrected chi connectivity index (χ4v) is 5.00. The van der Waals surface area contributed by atoms with E-state index in [2.05, 4.69) is 50.2 Å². The molecule has 0 aromatic carbocycles. The Morgan fingerprint density at radius 2 is 2.25 bits per heavy atom. The van der Waals surface area contributed by atoms with Crippen LogP contribution < -0.4 is 5.32 Å². The van der Waals surface area contributed by atoms with Crippen LogP contribution in [0.1, 0.15) is 57.7 Å². The molecule has 0 amide bonds. The third-order valence-electron chi connectivity index (χ3n) is 3.78. The van der Waals surface area contributed by atoms with Crippen molar-refractivity contribution in [1.29, 1.82) is 0 Å². The zero-order valence-corrected chi connectivity index (χ0v) is 14.9. The summed E-state index contributed by atoms with van der Waals surface area (Å²) >= 11 is 3.98. The van der Waals surface area contributed by atoms with Gasteiger partial charge < -0.3 is 5.32 Å². The van der Waals surface area contributed by atoms with Crippen molar-refractivity contribution >= 4 is 23.1 Å². The van der Waals surface area contributed by atoms with Gasteiger partial charge >= 0.3 is 0 Å². The van der Waals surface area contributed by atoms with Gasteiger partial charge in [0.25, 0.3) is 0 Å². The maximum Gasteiger partial charge on any atom is 0.0944 e. The Bertz CT molecular complexity index is 403. The van der Waals surface area contributed by atoms with Crippen LogP contribution in [0.5, 0.6) is 0 Å². The zero-order valence-electron chi connectivity index (χ0n) is 13.2. The second-order valence-electron chi connectivity index (χ2n) is 6.69. The molecule has 0 aliphatic carbocycles. The largest absolute Gasteiger partial charge is 0.312 e. The summed E-state index contributed by atoms with van der Waals surface area (Å²) in [5, 5.41) is 8.08. The highest BCUT2D eigenvalue weighted by atomic mass is 32.2. The van der Waals surface area contributed by atoms with Crippen LogP contribution >= 0.6 is 23.1 Å².